The lowest BCUT2D eigenvalue weighted by Crippen LogP contribution is -2.07. The highest BCUT2D eigenvalue weighted by Gasteiger charge is 2.31. The first-order chi connectivity index (χ1) is 7.16. The van der Waals surface area contributed by atoms with Gasteiger partial charge in [-0.25, -0.2) is 4.98 Å². The molecule has 1 N–H and O–H groups in total. The van der Waals surface area contributed by atoms with Crippen LogP contribution in [0.2, 0.25) is 0 Å². The number of rotatable bonds is 2. The number of ether oxygens (including phenoxy) is 1. The summed E-state index contributed by atoms with van der Waals surface area (Å²) in [6.45, 7) is -2.94. The molecule has 1 heterocycles. The molecule has 1 rings (SSSR count). The molecule has 14 heavy (non-hydrogen) atoms. The molecule has 0 aliphatic rings. The molecule has 0 saturated carbocycles. The summed E-state index contributed by atoms with van der Waals surface area (Å²) in [4.78, 5) is 3.29. The summed E-state index contributed by atoms with van der Waals surface area (Å²) in [5, 5.41) is 9.04. The Balaban J connectivity index is 3.34. The Hall–Kier alpha value is -1.30. The fourth-order valence-corrected chi connectivity index (χ4v) is 0.850. The maximum absolute atomic E-state index is 12.3. The van der Waals surface area contributed by atoms with Crippen LogP contribution in [-0.2, 0) is 12.7 Å². The van der Waals surface area contributed by atoms with Gasteiger partial charge in [-0.1, -0.05) is 0 Å². The molecule has 1 aromatic rings. The van der Waals surface area contributed by atoms with E-state index in [0.717, 1.165) is 7.11 Å². The monoisotopic (exact) mass is 209 g/mol. The van der Waals surface area contributed by atoms with E-state index in [1.54, 1.807) is 0 Å². The Morgan fingerprint density at radius 3 is 2.71 bits per heavy atom. The molecule has 0 atom stereocenters. The molecule has 3 nitrogen and oxygen atoms in total. The minimum Gasteiger partial charge on any atom is -0.481 e. The summed E-state index contributed by atoms with van der Waals surface area (Å²) in [7, 11) is 1.12. The van der Waals surface area contributed by atoms with Gasteiger partial charge in [0.25, 0.3) is 0 Å². The number of methoxy groups -OCH3 is 1. The lowest BCUT2D eigenvalue weighted by molar-refractivity contribution is -0.137. The number of nitrogens with zero attached hydrogens (tertiary/aromatic N) is 1. The van der Waals surface area contributed by atoms with Crippen molar-refractivity contribution in [1.82, 2.24) is 4.98 Å². The lowest BCUT2D eigenvalue weighted by Gasteiger charge is -2.09. The van der Waals surface area contributed by atoms with E-state index in [0.29, 0.717) is 12.3 Å². The van der Waals surface area contributed by atoms with Gasteiger partial charge in [0.15, 0.2) is 0 Å². The van der Waals surface area contributed by atoms with Crippen molar-refractivity contribution in [3.8, 4) is 5.88 Å². The average Bonchev–Trinajstić information content (AvgIpc) is 2.14. The van der Waals surface area contributed by atoms with Crippen molar-refractivity contribution in [2.45, 2.75) is 12.7 Å². The van der Waals surface area contributed by atoms with Gasteiger partial charge in [-0.15, -0.1) is 0 Å². The second-order valence-electron chi connectivity index (χ2n) is 2.39. The first-order valence-electron chi connectivity index (χ1n) is 4.50. The first-order valence-corrected chi connectivity index (χ1v) is 3.50. The van der Waals surface area contributed by atoms with Crippen LogP contribution in [0.25, 0.3) is 0 Å². The standard InChI is InChI=1S/C8H8F3NO2/c1-14-7-5(4-13)2-6(3-12-7)8(9,10)11/h2-3,13H,4H2,1H3/i4D2. The minimum atomic E-state index is -4.65. The third-order valence-electron chi connectivity index (χ3n) is 1.49. The van der Waals surface area contributed by atoms with Crippen LogP contribution in [-0.4, -0.2) is 17.2 Å². The number of halogens is 3. The predicted octanol–water partition coefficient (Wildman–Crippen LogP) is 1.60. The fraction of sp³-hybridized carbons (Fsp3) is 0.375. The van der Waals surface area contributed by atoms with Crippen LogP contribution >= 0.6 is 0 Å². The highest BCUT2D eigenvalue weighted by atomic mass is 19.4. The van der Waals surface area contributed by atoms with E-state index in [1.807, 2.05) is 0 Å². The smallest absolute Gasteiger partial charge is 0.417 e. The third-order valence-corrected chi connectivity index (χ3v) is 1.49. The van der Waals surface area contributed by atoms with E-state index in [-0.39, 0.29) is 5.88 Å². The van der Waals surface area contributed by atoms with E-state index in [1.165, 1.54) is 0 Å². The molecular weight excluding hydrogens is 199 g/mol. The number of aromatic nitrogens is 1. The first kappa shape index (κ1) is 8.05. The molecule has 0 bridgehead atoms. The summed E-state index contributed by atoms with van der Waals surface area (Å²) in [6, 6.07) is 0.464. The summed E-state index contributed by atoms with van der Waals surface area (Å²) in [5.74, 6) is -0.388. The molecule has 0 aliphatic heterocycles. The van der Waals surface area contributed by atoms with Crippen LogP contribution < -0.4 is 4.74 Å². The van der Waals surface area contributed by atoms with Crippen molar-refractivity contribution in [2.24, 2.45) is 0 Å². The Morgan fingerprint density at radius 2 is 2.29 bits per heavy atom. The summed E-state index contributed by atoms with van der Waals surface area (Å²) in [6.07, 6.45) is -4.15. The zero-order valence-corrected chi connectivity index (χ0v) is 7.09. The van der Waals surface area contributed by atoms with Crippen molar-refractivity contribution >= 4 is 0 Å². The quantitative estimate of drug-likeness (QED) is 0.804. The van der Waals surface area contributed by atoms with Crippen molar-refractivity contribution in [3.63, 3.8) is 0 Å². The van der Waals surface area contributed by atoms with Gasteiger partial charge in [0.2, 0.25) is 5.88 Å². The van der Waals surface area contributed by atoms with E-state index < -0.39 is 23.9 Å². The van der Waals surface area contributed by atoms with Crippen molar-refractivity contribution in [1.29, 1.82) is 0 Å². The molecular formula is C8H8F3NO2. The highest BCUT2D eigenvalue weighted by Crippen LogP contribution is 2.30. The third kappa shape index (κ3) is 2.14. The predicted molar refractivity (Wildman–Crippen MR) is 41.7 cm³/mol. The van der Waals surface area contributed by atoms with Crippen LogP contribution in [0, 0.1) is 0 Å². The van der Waals surface area contributed by atoms with Crippen molar-refractivity contribution in [3.05, 3.63) is 23.4 Å². The molecule has 0 spiro atoms. The van der Waals surface area contributed by atoms with Crippen molar-refractivity contribution in [2.75, 3.05) is 7.11 Å². The number of alkyl halides is 3. The van der Waals surface area contributed by atoms with Crippen LogP contribution in [0.5, 0.6) is 5.88 Å². The molecule has 0 fully saturated rings. The Morgan fingerprint density at radius 1 is 1.64 bits per heavy atom. The largest absolute Gasteiger partial charge is 0.481 e. The maximum atomic E-state index is 12.3. The minimum absolute atomic E-state index is 0.388. The second-order valence-corrected chi connectivity index (χ2v) is 2.39. The van der Waals surface area contributed by atoms with Crippen molar-refractivity contribution < 1.29 is 25.8 Å². The molecule has 6 heteroatoms. The van der Waals surface area contributed by atoms with E-state index in [4.69, 9.17) is 7.85 Å². The fourth-order valence-electron chi connectivity index (χ4n) is 0.850. The van der Waals surface area contributed by atoms with E-state index >= 15 is 0 Å². The van der Waals surface area contributed by atoms with E-state index in [9.17, 15) is 13.2 Å². The molecule has 0 radical (unpaired) electrons. The normalized spacial score (nSPS) is 14.6. The highest BCUT2D eigenvalue weighted by molar-refractivity contribution is 5.30. The van der Waals surface area contributed by atoms with Gasteiger partial charge in [0.1, 0.15) is 0 Å². The van der Waals surface area contributed by atoms with Crippen LogP contribution in [0.4, 0.5) is 13.2 Å². The van der Waals surface area contributed by atoms with Gasteiger partial charge in [-0.3, -0.25) is 0 Å². The zero-order valence-electron chi connectivity index (χ0n) is 9.09. The summed E-state index contributed by atoms with van der Waals surface area (Å²) < 4.78 is 55.4. The molecule has 1 aromatic heterocycles. The second kappa shape index (κ2) is 3.83. The Bertz CT molecular complexity index is 390. The van der Waals surface area contributed by atoms with Gasteiger partial charge in [-0.2, -0.15) is 13.2 Å². The Kier molecular flexibility index (Phi) is 2.20. The number of hydrogen-bond donors (Lipinski definition) is 1. The maximum Gasteiger partial charge on any atom is 0.417 e. The van der Waals surface area contributed by atoms with Crippen LogP contribution in [0.3, 0.4) is 0 Å². The van der Waals surface area contributed by atoms with Crippen LogP contribution in [0.15, 0.2) is 12.3 Å². The van der Waals surface area contributed by atoms with Gasteiger partial charge in [-0.05, 0) is 6.07 Å². The molecule has 0 aromatic carbocycles. The summed E-state index contributed by atoms with van der Waals surface area (Å²) >= 11 is 0. The molecule has 0 saturated heterocycles. The average molecular weight is 209 g/mol. The topological polar surface area (TPSA) is 42.4 Å². The Labute approximate surface area is 81.0 Å². The molecule has 0 amide bonds. The molecule has 0 unspecified atom stereocenters. The van der Waals surface area contributed by atoms with Gasteiger partial charge in [0, 0.05) is 11.8 Å². The number of pyridine rings is 1. The number of hydrogen-bond acceptors (Lipinski definition) is 3. The number of aliphatic hydroxyl groups is 1. The zero-order chi connectivity index (χ0) is 12.6. The van der Waals surface area contributed by atoms with E-state index in [2.05, 4.69) is 9.72 Å². The molecule has 0 aliphatic carbocycles. The lowest BCUT2D eigenvalue weighted by atomic mass is 10.2. The summed E-state index contributed by atoms with van der Waals surface area (Å²) in [5.41, 5.74) is -1.81. The van der Waals surface area contributed by atoms with Gasteiger partial charge >= 0.3 is 6.18 Å². The van der Waals surface area contributed by atoms with Gasteiger partial charge in [0.05, 0.1) is 22.0 Å². The van der Waals surface area contributed by atoms with Crippen LogP contribution in [0.1, 0.15) is 13.9 Å². The SMILES string of the molecule is [2H]C([2H])(O)c1cc(C(F)(F)F)cnc1OC. The van der Waals surface area contributed by atoms with Gasteiger partial charge < -0.3 is 9.84 Å². The molecule has 78 valence electrons.